The highest BCUT2D eigenvalue weighted by Crippen LogP contribution is 2.30. The molecule has 0 unspecified atom stereocenters. The van der Waals surface area contributed by atoms with E-state index in [2.05, 4.69) is 0 Å². The number of halogens is 2. The maximum atomic E-state index is 12.1. The number of carboxylic acid groups (broad SMARTS) is 1. The number of sulfone groups is 1. The fraction of sp³-hybridized carbons (Fsp3) is 0.417. The lowest BCUT2D eigenvalue weighted by Crippen LogP contribution is -2.10. The van der Waals surface area contributed by atoms with Crippen LogP contribution in [0.25, 0.3) is 0 Å². The first-order valence-corrected chi connectivity index (χ1v) is 8.15. The third kappa shape index (κ3) is 4.09. The van der Waals surface area contributed by atoms with Crippen molar-refractivity contribution in [3.63, 3.8) is 0 Å². The van der Waals surface area contributed by atoms with E-state index in [4.69, 9.17) is 28.3 Å². The minimum atomic E-state index is -3.62. The third-order valence-electron chi connectivity index (χ3n) is 2.59. The lowest BCUT2D eigenvalue weighted by Gasteiger charge is -2.09. The Morgan fingerprint density at radius 2 is 1.89 bits per heavy atom. The molecule has 0 aliphatic carbocycles. The Morgan fingerprint density at radius 3 is 2.42 bits per heavy atom. The first-order chi connectivity index (χ1) is 8.79. The van der Waals surface area contributed by atoms with Crippen LogP contribution in [0.2, 0.25) is 10.0 Å². The number of hydrogen-bond acceptors (Lipinski definition) is 3. The molecule has 0 saturated heterocycles. The predicted molar refractivity (Wildman–Crippen MR) is 75.0 cm³/mol. The van der Waals surface area contributed by atoms with Crippen LogP contribution in [0.3, 0.4) is 0 Å². The fourth-order valence-electron chi connectivity index (χ4n) is 1.60. The summed E-state index contributed by atoms with van der Waals surface area (Å²) in [6, 6.07) is 2.33. The molecule has 0 atom stereocenters. The zero-order valence-corrected chi connectivity index (χ0v) is 12.6. The largest absolute Gasteiger partial charge is 0.478 e. The molecule has 19 heavy (non-hydrogen) atoms. The summed E-state index contributed by atoms with van der Waals surface area (Å²) < 4.78 is 24.2. The zero-order chi connectivity index (χ0) is 14.6. The molecule has 7 heteroatoms. The van der Waals surface area contributed by atoms with Crippen LogP contribution in [0.1, 0.15) is 36.5 Å². The minimum absolute atomic E-state index is 0.0378. The molecular formula is C12H14Cl2O4S. The lowest BCUT2D eigenvalue weighted by atomic mass is 10.2. The molecule has 0 saturated carbocycles. The SMILES string of the molecule is CCCCCS(=O)(=O)c1cc(Cl)cc(C(=O)O)c1Cl. The highest BCUT2D eigenvalue weighted by Gasteiger charge is 2.23. The van der Waals surface area contributed by atoms with E-state index in [1.54, 1.807) is 0 Å². The maximum absolute atomic E-state index is 12.1. The van der Waals surface area contributed by atoms with E-state index in [1.807, 2.05) is 6.92 Å². The van der Waals surface area contributed by atoms with Gasteiger partial charge in [-0.2, -0.15) is 0 Å². The number of carbonyl (C=O) groups is 1. The Balaban J connectivity index is 3.23. The van der Waals surface area contributed by atoms with Gasteiger partial charge in [0.2, 0.25) is 0 Å². The van der Waals surface area contributed by atoms with Crippen LogP contribution >= 0.6 is 23.2 Å². The fourth-order valence-corrected chi connectivity index (χ4v) is 3.92. The molecule has 0 amide bonds. The average Bonchev–Trinajstić information content (AvgIpc) is 2.31. The van der Waals surface area contributed by atoms with Gasteiger partial charge in [0.1, 0.15) is 0 Å². The van der Waals surface area contributed by atoms with Crippen molar-refractivity contribution in [2.24, 2.45) is 0 Å². The van der Waals surface area contributed by atoms with Crippen LogP contribution in [-0.4, -0.2) is 25.2 Å². The van der Waals surface area contributed by atoms with Gasteiger partial charge in [0.25, 0.3) is 0 Å². The van der Waals surface area contributed by atoms with Gasteiger partial charge in [-0.1, -0.05) is 43.0 Å². The van der Waals surface area contributed by atoms with Gasteiger partial charge in [0.05, 0.1) is 21.2 Å². The van der Waals surface area contributed by atoms with Gasteiger partial charge in [-0.3, -0.25) is 0 Å². The first-order valence-electron chi connectivity index (χ1n) is 5.74. The molecule has 0 radical (unpaired) electrons. The van der Waals surface area contributed by atoms with Gasteiger partial charge in [-0.15, -0.1) is 0 Å². The van der Waals surface area contributed by atoms with Gasteiger partial charge in [-0.05, 0) is 18.6 Å². The van der Waals surface area contributed by atoms with Crippen molar-refractivity contribution >= 4 is 39.0 Å². The standard InChI is InChI=1S/C12H14Cl2O4S/c1-2-3-4-5-19(17,18)10-7-8(13)6-9(11(10)14)12(15)16/h6-7H,2-5H2,1H3,(H,15,16). The van der Waals surface area contributed by atoms with E-state index in [1.165, 1.54) is 6.07 Å². The predicted octanol–water partition coefficient (Wildman–Crippen LogP) is 3.66. The second-order valence-electron chi connectivity index (χ2n) is 4.10. The molecule has 0 aliphatic heterocycles. The van der Waals surface area contributed by atoms with Crippen molar-refractivity contribution in [3.05, 3.63) is 27.7 Å². The Hall–Kier alpha value is -0.780. The molecule has 1 N–H and O–H groups in total. The molecule has 106 valence electrons. The molecule has 1 aromatic rings. The number of benzene rings is 1. The van der Waals surface area contributed by atoms with E-state index >= 15 is 0 Å². The molecule has 0 fully saturated rings. The smallest absolute Gasteiger partial charge is 0.337 e. The zero-order valence-electron chi connectivity index (χ0n) is 10.3. The number of hydrogen-bond donors (Lipinski definition) is 1. The third-order valence-corrected chi connectivity index (χ3v) is 5.14. The van der Waals surface area contributed by atoms with Crippen molar-refractivity contribution in [3.8, 4) is 0 Å². The molecule has 1 rings (SSSR count). The number of unbranched alkanes of at least 4 members (excludes halogenated alkanes) is 2. The molecule has 4 nitrogen and oxygen atoms in total. The Labute approximate surface area is 122 Å². The van der Waals surface area contributed by atoms with E-state index in [-0.39, 0.29) is 26.3 Å². The molecule has 0 aliphatic rings. The van der Waals surface area contributed by atoms with Gasteiger partial charge in [0, 0.05) is 5.02 Å². The topological polar surface area (TPSA) is 71.4 Å². The highest BCUT2D eigenvalue weighted by molar-refractivity contribution is 7.91. The van der Waals surface area contributed by atoms with E-state index in [0.29, 0.717) is 6.42 Å². The van der Waals surface area contributed by atoms with Gasteiger partial charge >= 0.3 is 5.97 Å². The molecule has 1 aromatic carbocycles. The van der Waals surface area contributed by atoms with E-state index < -0.39 is 15.8 Å². The second-order valence-corrected chi connectivity index (χ2v) is 6.99. The summed E-state index contributed by atoms with van der Waals surface area (Å²) in [5.41, 5.74) is -0.303. The molecule has 0 spiro atoms. The van der Waals surface area contributed by atoms with E-state index in [0.717, 1.165) is 18.9 Å². The minimum Gasteiger partial charge on any atom is -0.478 e. The first kappa shape index (κ1) is 16.3. The van der Waals surface area contributed by atoms with Crippen LogP contribution in [0.15, 0.2) is 17.0 Å². The summed E-state index contributed by atoms with van der Waals surface area (Å²) in [5, 5.41) is 8.71. The van der Waals surface area contributed by atoms with Crippen LogP contribution in [0.5, 0.6) is 0 Å². The van der Waals surface area contributed by atoms with Crippen molar-refractivity contribution in [1.82, 2.24) is 0 Å². The quantitative estimate of drug-likeness (QED) is 0.810. The summed E-state index contributed by atoms with van der Waals surface area (Å²) in [5.74, 6) is -1.38. The van der Waals surface area contributed by atoms with Crippen molar-refractivity contribution in [1.29, 1.82) is 0 Å². The number of rotatable bonds is 6. The highest BCUT2D eigenvalue weighted by atomic mass is 35.5. The van der Waals surface area contributed by atoms with Gasteiger partial charge in [0.15, 0.2) is 9.84 Å². The second kappa shape index (κ2) is 6.59. The van der Waals surface area contributed by atoms with Crippen molar-refractivity contribution < 1.29 is 18.3 Å². The Kier molecular flexibility index (Phi) is 5.64. The summed E-state index contributed by atoms with van der Waals surface area (Å²) in [6.45, 7) is 1.96. The summed E-state index contributed by atoms with van der Waals surface area (Å²) in [6.07, 6.45) is 2.17. The Morgan fingerprint density at radius 1 is 1.26 bits per heavy atom. The van der Waals surface area contributed by atoms with Crippen LogP contribution in [0.4, 0.5) is 0 Å². The summed E-state index contributed by atoms with van der Waals surface area (Å²) >= 11 is 11.6. The summed E-state index contributed by atoms with van der Waals surface area (Å²) in [7, 11) is -3.62. The molecular weight excluding hydrogens is 311 g/mol. The van der Waals surface area contributed by atoms with Gasteiger partial charge < -0.3 is 5.11 Å². The normalized spacial score (nSPS) is 11.5. The maximum Gasteiger partial charge on any atom is 0.337 e. The van der Waals surface area contributed by atoms with Crippen molar-refractivity contribution in [2.75, 3.05) is 5.75 Å². The average molecular weight is 325 g/mol. The number of carboxylic acids is 1. The molecule has 0 heterocycles. The lowest BCUT2D eigenvalue weighted by molar-refractivity contribution is 0.0697. The Bertz CT molecular complexity index is 582. The molecule has 0 aromatic heterocycles. The summed E-state index contributed by atoms with van der Waals surface area (Å²) in [4.78, 5) is 10.8. The van der Waals surface area contributed by atoms with E-state index in [9.17, 15) is 13.2 Å². The van der Waals surface area contributed by atoms with Gasteiger partial charge in [-0.25, -0.2) is 13.2 Å². The van der Waals surface area contributed by atoms with Crippen LogP contribution in [0, 0.1) is 0 Å². The molecule has 0 bridgehead atoms. The number of aromatic carboxylic acids is 1. The van der Waals surface area contributed by atoms with Crippen LogP contribution < -0.4 is 0 Å². The monoisotopic (exact) mass is 324 g/mol. The van der Waals surface area contributed by atoms with Crippen LogP contribution in [-0.2, 0) is 9.84 Å². The van der Waals surface area contributed by atoms with Crippen molar-refractivity contribution in [2.45, 2.75) is 31.1 Å².